The molecule has 7 nitrogen and oxygen atoms in total. The average molecular weight is 298 g/mol. The number of carbonyl (C=O) groups excluding carboxylic acids is 2. The fraction of sp³-hybridized carbons (Fsp3) is 0.583. The normalized spacial score (nSPS) is 16.9. The number of thiazole rings is 1. The quantitative estimate of drug-likeness (QED) is 0.648. The van der Waals surface area contributed by atoms with E-state index in [-0.39, 0.29) is 11.5 Å². The van der Waals surface area contributed by atoms with Crippen molar-refractivity contribution < 1.29 is 14.3 Å². The van der Waals surface area contributed by atoms with Gasteiger partial charge < -0.3 is 9.64 Å². The van der Waals surface area contributed by atoms with Crippen molar-refractivity contribution in [3.8, 4) is 0 Å². The third-order valence-corrected chi connectivity index (χ3v) is 4.14. The summed E-state index contributed by atoms with van der Waals surface area (Å²) in [5.74, 6) is -0.771. The van der Waals surface area contributed by atoms with Crippen LogP contribution in [0.15, 0.2) is 0 Å². The Morgan fingerprint density at radius 3 is 2.50 bits per heavy atom. The van der Waals surface area contributed by atoms with Crippen molar-refractivity contribution in [1.82, 2.24) is 14.9 Å². The van der Waals surface area contributed by atoms with Gasteiger partial charge in [-0.05, 0) is 7.05 Å². The monoisotopic (exact) mass is 298 g/mol. The number of ketones is 1. The van der Waals surface area contributed by atoms with Gasteiger partial charge in [-0.1, -0.05) is 11.3 Å². The molecule has 0 radical (unpaired) electrons. The van der Waals surface area contributed by atoms with E-state index in [1.165, 1.54) is 25.4 Å². The van der Waals surface area contributed by atoms with Crippen LogP contribution in [-0.4, -0.2) is 67.0 Å². The highest BCUT2D eigenvalue weighted by atomic mass is 32.1. The zero-order valence-corrected chi connectivity index (χ0v) is 12.6. The van der Waals surface area contributed by atoms with Gasteiger partial charge in [0.1, 0.15) is 4.88 Å². The van der Waals surface area contributed by atoms with Crippen molar-refractivity contribution in [2.75, 3.05) is 45.8 Å². The molecule has 0 aromatic carbocycles. The largest absolute Gasteiger partial charge is 0.464 e. The molecule has 1 fully saturated rings. The van der Waals surface area contributed by atoms with E-state index in [4.69, 9.17) is 0 Å². The molecule has 0 atom stereocenters. The molecular weight excluding hydrogens is 280 g/mol. The van der Waals surface area contributed by atoms with E-state index >= 15 is 0 Å². The fourth-order valence-corrected chi connectivity index (χ4v) is 2.77. The number of likely N-dealkylation sites (N-methyl/N-ethyl adjacent to an activating group) is 1. The summed E-state index contributed by atoms with van der Waals surface area (Å²) in [7, 11) is 3.35. The highest BCUT2D eigenvalue weighted by Gasteiger charge is 2.23. The Bertz CT molecular complexity index is 509. The molecular formula is C12H18N4O3S. The fourth-order valence-electron chi connectivity index (χ4n) is 1.90. The minimum absolute atomic E-state index is 0.0848. The SMILES string of the molecule is COC(=O)c1nc(NN2CCN(C)CC2)sc1C(C)=O. The van der Waals surface area contributed by atoms with Crippen LogP contribution in [0, 0.1) is 0 Å². The van der Waals surface area contributed by atoms with Crippen LogP contribution in [0.25, 0.3) is 0 Å². The van der Waals surface area contributed by atoms with Crippen molar-refractivity contribution in [2.24, 2.45) is 0 Å². The minimum Gasteiger partial charge on any atom is -0.464 e. The highest BCUT2D eigenvalue weighted by molar-refractivity contribution is 7.17. The van der Waals surface area contributed by atoms with Gasteiger partial charge in [0, 0.05) is 33.1 Å². The second-order valence-electron chi connectivity index (χ2n) is 4.65. The van der Waals surface area contributed by atoms with E-state index < -0.39 is 5.97 Å². The smallest absolute Gasteiger partial charge is 0.358 e. The third kappa shape index (κ3) is 3.33. The van der Waals surface area contributed by atoms with E-state index in [0.717, 1.165) is 26.2 Å². The number of Topliss-reactive ketones (excluding diaryl/α,β-unsaturated/α-hetero) is 1. The predicted octanol–water partition coefficient (Wildman–Crippen LogP) is 0.707. The predicted molar refractivity (Wildman–Crippen MR) is 76.2 cm³/mol. The van der Waals surface area contributed by atoms with Crippen LogP contribution >= 0.6 is 11.3 Å². The van der Waals surface area contributed by atoms with Crippen molar-refractivity contribution in [1.29, 1.82) is 0 Å². The molecule has 1 aliphatic rings. The van der Waals surface area contributed by atoms with Gasteiger partial charge in [0.05, 0.1) is 7.11 Å². The van der Waals surface area contributed by atoms with Crippen LogP contribution in [0.4, 0.5) is 5.13 Å². The molecule has 1 aromatic heterocycles. The summed E-state index contributed by atoms with van der Waals surface area (Å²) in [5.41, 5.74) is 3.23. The Kier molecular flexibility index (Phi) is 4.69. The standard InChI is InChI=1S/C12H18N4O3S/c1-8(17)10-9(11(18)19-3)13-12(20-10)14-16-6-4-15(2)5-7-16/h4-7H2,1-3H3,(H,13,14). The lowest BCUT2D eigenvalue weighted by Crippen LogP contribution is -2.46. The zero-order valence-electron chi connectivity index (χ0n) is 11.8. The zero-order chi connectivity index (χ0) is 14.7. The second-order valence-corrected chi connectivity index (χ2v) is 5.65. The number of ether oxygens (including phenoxy) is 1. The number of rotatable bonds is 4. The molecule has 2 rings (SSSR count). The summed E-state index contributed by atoms with van der Waals surface area (Å²) >= 11 is 1.18. The molecule has 1 aromatic rings. The van der Waals surface area contributed by atoms with Gasteiger partial charge in [0.15, 0.2) is 16.6 Å². The maximum absolute atomic E-state index is 11.6. The van der Waals surface area contributed by atoms with Crippen molar-refractivity contribution in [3.63, 3.8) is 0 Å². The number of hydrogen-bond donors (Lipinski definition) is 1. The average Bonchev–Trinajstić information content (AvgIpc) is 2.84. The number of piperazine rings is 1. The molecule has 20 heavy (non-hydrogen) atoms. The topological polar surface area (TPSA) is 74.8 Å². The Morgan fingerprint density at radius 1 is 1.30 bits per heavy atom. The van der Waals surface area contributed by atoms with Gasteiger partial charge in [-0.25, -0.2) is 14.8 Å². The Balaban J connectivity index is 2.12. The van der Waals surface area contributed by atoms with Crippen LogP contribution < -0.4 is 5.43 Å². The number of esters is 1. The van der Waals surface area contributed by atoms with E-state index in [0.29, 0.717) is 10.0 Å². The van der Waals surface area contributed by atoms with E-state index in [1.54, 1.807) is 0 Å². The first-order valence-corrected chi connectivity index (χ1v) is 7.13. The van der Waals surface area contributed by atoms with Crippen molar-refractivity contribution in [3.05, 3.63) is 10.6 Å². The van der Waals surface area contributed by atoms with Crippen LogP contribution in [0.5, 0.6) is 0 Å². The molecule has 8 heteroatoms. The van der Waals surface area contributed by atoms with Gasteiger partial charge in [0.2, 0.25) is 0 Å². The maximum Gasteiger partial charge on any atom is 0.358 e. The molecule has 0 unspecified atom stereocenters. The number of hydrogen-bond acceptors (Lipinski definition) is 8. The summed E-state index contributed by atoms with van der Waals surface area (Å²) < 4.78 is 4.65. The highest BCUT2D eigenvalue weighted by Crippen LogP contribution is 2.24. The molecule has 1 saturated heterocycles. The van der Waals surface area contributed by atoms with Crippen molar-refractivity contribution >= 4 is 28.2 Å². The number of anilines is 1. The van der Waals surface area contributed by atoms with E-state index in [2.05, 4.69) is 27.1 Å². The lowest BCUT2D eigenvalue weighted by Gasteiger charge is -2.32. The molecule has 0 amide bonds. The Labute approximate surface area is 121 Å². The number of methoxy groups -OCH3 is 1. The first kappa shape index (κ1) is 14.9. The summed E-state index contributed by atoms with van der Waals surface area (Å²) in [6.07, 6.45) is 0. The molecule has 1 N–H and O–H groups in total. The second kappa shape index (κ2) is 6.29. The number of hydrazine groups is 1. The third-order valence-electron chi connectivity index (χ3n) is 3.08. The van der Waals surface area contributed by atoms with E-state index in [1.807, 2.05) is 5.01 Å². The summed E-state index contributed by atoms with van der Waals surface area (Å²) in [6.45, 7) is 5.06. The molecule has 1 aliphatic heterocycles. The summed E-state index contributed by atoms with van der Waals surface area (Å²) in [4.78, 5) is 29.9. The van der Waals surface area contributed by atoms with Gasteiger partial charge in [0.25, 0.3) is 0 Å². The lowest BCUT2D eigenvalue weighted by atomic mass is 10.3. The van der Waals surface area contributed by atoms with Gasteiger partial charge in [-0.3, -0.25) is 10.2 Å². The molecule has 110 valence electrons. The minimum atomic E-state index is -0.585. The molecule has 0 saturated carbocycles. The lowest BCUT2D eigenvalue weighted by molar-refractivity contribution is 0.0591. The first-order valence-electron chi connectivity index (χ1n) is 6.31. The van der Waals surface area contributed by atoms with E-state index in [9.17, 15) is 9.59 Å². The number of aromatic nitrogens is 1. The Hall–Kier alpha value is -1.51. The molecule has 0 aliphatic carbocycles. The number of nitrogens with zero attached hydrogens (tertiary/aromatic N) is 3. The summed E-state index contributed by atoms with van der Waals surface area (Å²) in [5, 5.41) is 2.57. The maximum atomic E-state index is 11.6. The number of carbonyl (C=O) groups is 2. The van der Waals surface area contributed by atoms with Crippen LogP contribution in [0.3, 0.4) is 0 Å². The van der Waals surface area contributed by atoms with Crippen molar-refractivity contribution in [2.45, 2.75) is 6.92 Å². The van der Waals surface area contributed by atoms with Crippen LogP contribution in [0.2, 0.25) is 0 Å². The van der Waals surface area contributed by atoms with Gasteiger partial charge >= 0.3 is 5.97 Å². The molecule has 2 heterocycles. The van der Waals surface area contributed by atoms with Crippen LogP contribution in [-0.2, 0) is 4.74 Å². The van der Waals surface area contributed by atoms with Gasteiger partial charge in [-0.2, -0.15) is 0 Å². The Morgan fingerprint density at radius 2 is 1.95 bits per heavy atom. The van der Waals surface area contributed by atoms with Crippen LogP contribution in [0.1, 0.15) is 27.1 Å². The summed E-state index contributed by atoms with van der Waals surface area (Å²) in [6, 6.07) is 0. The first-order chi connectivity index (χ1) is 9.51. The van der Waals surface area contributed by atoms with Gasteiger partial charge in [-0.15, -0.1) is 0 Å². The molecule has 0 spiro atoms. The molecule has 0 bridgehead atoms. The number of nitrogens with one attached hydrogen (secondary N) is 1.